The summed E-state index contributed by atoms with van der Waals surface area (Å²) in [6, 6.07) is 13.8. The number of carbonyl (C=O) groups is 1. The number of benzene rings is 2. The van der Waals surface area contributed by atoms with Gasteiger partial charge in [-0.15, -0.1) is 0 Å². The summed E-state index contributed by atoms with van der Waals surface area (Å²) in [7, 11) is 0. The molecular weight excluding hydrogens is 297 g/mol. The molecule has 5 heteroatoms. The van der Waals surface area contributed by atoms with Gasteiger partial charge in [-0.05, 0) is 49.4 Å². The number of halogens is 2. The predicted octanol–water partition coefficient (Wildman–Crippen LogP) is 4.40. The predicted molar refractivity (Wildman–Crippen MR) is 81.6 cm³/mol. The molecule has 0 aliphatic heterocycles. The maximum Gasteiger partial charge on any atom is 0.265 e. The molecule has 0 radical (unpaired) electrons. The lowest BCUT2D eigenvalue weighted by Gasteiger charge is -2.15. The topological polar surface area (TPSA) is 38.3 Å². The summed E-state index contributed by atoms with van der Waals surface area (Å²) >= 11 is 11.6. The Morgan fingerprint density at radius 2 is 1.80 bits per heavy atom. The molecule has 1 atom stereocenters. The summed E-state index contributed by atoms with van der Waals surface area (Å²) in [5, 5.41) is 3.93. The molecule has 20 heavy (non-hydrogen) atoms. The Labute approximate surface area is 127 Å². The average molecular weight is 310 g/mol. The molecule has 2 aromatic carbocycles. The minimum atomic E-state index is -0.635. The number of nitrogens with one attached hydrogen (secondary N) is 1. The van der Waals surface area contributed by atoms with Crippen molar-refractivity contribution < 1.29 is 9.53 Å². The summed E-state index contributed by atoms with van der Waals surface area (Å²) < 4.78 is 5.53. The molecule has 0 saturated carbocycles. The van der Waals surface area contributed by atoms with Crippen molar-refractivity contribution in [1.29, 1.82) is 0 Å². The maximum absolute atomic E-state index is 12.0. The lowest BCUT2D eigenvalue weighted by atomic mass is 10.3. The van der Waals surface area contributed by atoms with E-state index in [-0.39, 0.29) is 5.91 Å². The van der Waals surface area contributed by atoms with Crippen LogP contribution in [0.15, 0.2) is 48.5 Å². The first-order chi connectivity index (χ1) is 9.54. The number of anilines is 1. The molecule has 0 fully saturated rings. The first kappa shape index (κ1) is 14.7. The highest BCUT2D eigenvalue weighted by molar-refractivity contribution is 6.31. The van der Waals surface area contributed by atoms with Crippen LogP contribution in [0.1, 0.15) is 6.92 Å². The molecule has 2 aromatic rings. The second-order valence-corrected chi connectivity index (χ2v) is 5.09. The molecule has 0 aliphatic rings. The molecule has 0 spiro atoms. The molecule has 0 saturated heterocycles. The molecule has 1 N–H and O–H groups in total. The average Bonchev–Trinajstić information content (AvgIpc) is 2.41. The number of carbonyl (C=O) groups excluding carboxylic acids is 1. The van der Waals surface area contributed by atoms with E-state index in [0.29, 0.717) is 21.5 Å². The highest BCUT2D eigenvalue weighted by Crippen LogP contribution is 2.19. The van der Waals surface area contributed by atoms with Crippen LogP contribution in [0.2, 0.25) is 10.0 Å². The van der Waals surface area contributed by atoms with E-state index in [2.05, 4.69) is 5.32 Å². The minimum absolute atomic E-state index is 0.243. The Kier molecular flexibility index (Phi) is 4.88. The number of ether oxygens (including phenoxy) is 1. The fourth-order valence-corrected chi connectivity index (χ4v) is 1.88. The molecule has 0 bridgehead atoms. The Hall–Kier alpha value is -1.71. The SMILES string of the molecule is C[C@H](Oc1cccc(Cl)c1)C(=O)Nc1ccc(Cl)cc1. The van der Waals surface area contributed by atoms with Crippen LogP contribution in [0.3, 0.4) is 0 Å². The van der Waals surface area contributed by atoms with Gasteiger partial charge in [0.15, 0.2) is 6.10 Å². The van der Waals surface area contributed by atoms with E-state index in [1.807, 2.05) is 0 Å². The summed E-state index contributed by atoms with van der Waals surface area (Å²) in [6.07, 6.45) is -0.635. The van der Waals surface area contributed by atoms with Crippen LogP contribution in [0, 0.1) is 0 Å². The van der Waals surface area contributed by atoms with Gasteiger partial charge in [-0.2, -0.15) is 0 Å². The maximum atomic E-state index is 12.0. The van der Waals surface area contributed by atoms with Gasteiger partial charge in [0.25, 0.3) is 5.91 Å². The van der Waals surface area contributed by atoms with Crippen molar-refractivity contribution in [2.75, 3.05) is 5.32 Å². The van der Waals surface area contributed by atoms with E-state index in [0.717, 1.165) is 0 Å². The highest BCUT2D eigenvalue weighted by atomic mass is 35.5. The fourth-order valence-electron chi connectivity index (χ4n) is 1.58. The lowest BCUT2D eigenvalue weighted by Crippen LogP contribution is -2.30. The molecule has 104 valence electrons. The Balaban J connectivity index is 1.96. The zero-order valence-corrected chi connectivity index (χ0v) is 12.3. The third-order valence-electron chi connectivity index (χ3n) is 2.59. The molecule has 0 heterocycles. The van der Waals surface area contributed by atoms with Crippen molar-refractivity contribution >= 4 is 34.8 Å². The summed E-state index contributed by atoms with van der Waals surface area (Å²) in [5.41, 5.74) is 0.668. The zero-order valence-electron chi connectivity index (χ0n) is 10.8. The van der Waals surface area contributed by atoms with Gasteiger partial charge >= 0.3 is 0 Å². The normalized spacial score (nSPS) is 11.8. The van der Waals surface area contributed by atoms with E-state index < -0.39 is 6.10 Å². The number of rotatable bonds is 4. The van der Waals surface area contributed by atoms with Gasteiger partial charge in [-0.25, -0.2) is 0 Å². The first-order valence-corrected chi connectivity index (χ1v) is 6.79. The van der Waals surface area contributed by atoms with E-state index in [1.54, 1.807) is 55.5 Å². The third-order valence-corrected chi connectivity index (χ3v) is 3.08. The van der Waals surface area contributed by atoms with Crippen LogP contribution in [0.25, 0.3) is 0 Å². The Morgan fingerprint density at radius 3 is 2.45 bits per heavy atom. The fraction of sp³-hybridized carbons (Fsp3) is 0.133. The van der Waals surface area contributed by atoms with Gasteiger partial charge in [0, 0.05) is 15.7 Å². The van der Waals surface area contributed by atoms with Gasteiger partial charge in [0.05, 0.1) is 0 Å². The smallest absolute Gasteiger partial charge is 0.265 e. The third kappa shape index (κ3) is 4.15. The van der Waals surface area contributed by atoms with Gasteiger partial charge in [0.1, 0.15) is 5.75 Å². The van der Waals surface area contributed by atoms with Crippen molar-refractivity contribution in [3.8, 4) is 5.75 Å². The second kappa shape index (κ2) is 6.64. The molecule has 0 unspecified atom stereocenters. The van der Waals surface area contributed by atoms with E-state index in [1.165, 1.54) is 0 Å². The van der Waals surface area contributed by atoms with Crippen LogP contribution >= 0.6 is 23.2 Å². The lowest BCUT2D eigenvalue weighted by molar-refractivity contribution is -0.122. The van der Waals surface area contributed by atoms with Crippen LogP contribution in [0.4, 0.5) is 5.69 Å². The van der Waals surface area contributed by atoms with Gasteiger partial charge in [0.2, 0.25) is 0 Å². The molecular formula is C15H13Cl2NO2. The number of amides is 1. The van der Waals surface area contributed by atoms with Gasteiger partial charge in [-0.1, -0.05) is 29.3 Å². The summed E-state index contributed by atoms with van der Waals surface area (Å²) in [6.45, 7) is 1.67. The Morgan fingerprint density at radius 1 is 1.10 bits per heavy atom. The highest BCUT2D eigenvalue weighted by Gasteiger charge is 2.14. The molecule has 1 amide bonds. The summed E-state index contributed by atoms with van der Waals surface area (Å²) in [4.78, 5) is 12.0. The van der Waals surface area contributed by atoms with Crippen molar-refractivity contribution in [3.05, 3.63) is 58.6 Å². The van der Waals surface area contributed by atoms with Crippen LogP contribution in [-0.2, 0) is 4.79 Å². The molecule has 0 aliphatic carbocycles. The molecule has 3 nitrogen and oxygen atoms in total. The summed E-state index contributed by atoms with van der Waals surface area (Å²) in [5.74, 6) is 0.309. The van der Waals surface area contributed by atoms with Gasteiger partial charge < -0.3 is 10.1 Å². The quantitative estimate of drug-likeness (QED) is 0.909. The van der Waals surface area contributed by atoms with Crippen LogP contribution in [0.5, 0.6) is 5.75 Å². The second-order valence-electron chi connectivity index (χ2n) is 4.21. The van der Waals surface area contributed by atoms with Crippen molar-refractivity contribution in [1.82, 2.24) is 0 Å². The van der Waals surface area contributed by atoms with E-state index in [9.17, 15) is 4.79 Å². The van der Waals surface area contributed by atoms with E-state index >= 15 is 0 Å². The monoisotopic (exact) mass is 309 g/mol. The van der Waals surface area contributed by atoms with Gasteiger partial charge in [-0.3, -0.25) is 4.79 Å². The number of hydrogen-bond donors (Lipinski definition) is 1. The van der Waals surface area contributed by atoms with Crippen molar-refractivity contribution in [3.63, 3.8) is 0 Å². The van der Waals surface area contributed by atoms with Crippen LogP contribution < -0.4 is 10.1 Å². The first-order valence-electron chi connectivity index (χ1n) is 6.03. The molecule has 2 rings (SSSR count). The van der Waals surface area contributed by atoms with E-state index in [4.69, 9.17) is 27.9 Å². The standard InChI is InChI=1S/C15H13Cl2NO2/c1-10(20-14-4-2-3-12(17)9-14)15(19)18-13-7-5-11(16)6-8-13/h2-10H,1H3,(H,18,19)/t10-/m0/s1. The number of hydrogen-bond acceptors (Lipinski definition) is 2. The van der Waals surface area contributed by atoms with Crippen molar-refractivity contribution in [2.45, 2.75) is 13.0 Å². The van der Waals surface area contributed by atoms with Crippen LogP contribution in [-0.4, -0.2) is 12.0 Å². The largest absolute Gasteiger partial charge is 0.481 e. The molecule has 0 aromatic heterocycles. The zero-order chi connectivity index (χ0) is 14.5. The minimum Gasteiger partial charge on any atom is -0.481 e. The van der Waals surface area contributed by atoms with Crippen molar-refractivity contribution in [2.24, 2.45) is 0 Å². The Bertz CT molecular complexity index is 599.